The average molecular weight is 600 g/mol. The predicted octanol–water partition coefficient (Wildman–Crippen LogP) is 3.08. The molecule has 0 bridgehead atoms. The highest BCUT2D eigenvalue weighted by atomic mass is 16.2. The molecule has 3 aromatic rings. The molecule has 2 saturated heterocycles. The molecule has 0 saturated carbocycles. The maximum Gasteiger partial charge on any atom is 0.250 e. The van der Waals surface area contributed by atoms with Crippen molar-refractivity contribution in [1.29, 1.82) is 0 Å². The number of likely N-dealkylation sites (N-methyl/N-ethyl adjacent to an activating group) is 1. The minimum Gasteiger partial charge on any atom is -0.348 e. The first kappa shape index (κ1) is 31.3. The molecule has 234 valence electrons. The minimum absolute atomic E-state index is 0.103. The number of aromatic amines is 1. The second-order valence-electron chi connectivity index (χ2n) is 11.7. The topological polar surface area (TPSA) is 105 Å². The Kier molecular flexibility index (Phi) is 10.3. The van der Waals surface area contributed by atoms with Crippen LogP contribution in [0.2, 0.25) is 0 Å². The quantitative estimate of drug-likeness (QED) is 0.313. The zero-order valence-corrected chi connectivity index (χ0v) is 26.0. The lowest BCUT2D eigenvalue weighted by atomic mass is 9.85. The number of hydrogen-bond donors (Lipinski definition) is 2. The number of aryl methyl sites for hydroxylation is 1. The van der Waals surface area contributed by atoms with Gasteiger partial charge >= 0.3 is 0 Å². The molecule has 3 heterocycles. The molecule has 10 heteroatoms. The monoisotopic (exact) mass is 599 g/mol. The van der Waals surface area contributed by atoms with Crippen molar-refractivity contribution in [3.8, 4) is 0 Å². The van der Waals surface area contributed by atoms with Gasteiger partial charge in [0.2, 0.25) is 17.7 Å². The molecule has 5 rings (SSSR count). The fourth-order valence-electron chi connectivity index (χ4n) is 6.48. The molecule has 2 aromatic carbocycles. The van der Waals surface area contributed by atoms with Crippen LogP contribution in [0.3, 0.4) is 0 Å². The molecule has 0 radical (unpaired) electrons. The molecule has 2 aliphatic heterocycles. The number of amides is 3. The van der Waals surface area contributed by atoms with Gasteiger partial charge in [0.15, 0.2) is 0 Å². The van der Waals surface area contributed by atoms with Gasteiger partial charge in [-0.25, -0.2) is 4.98 Å². The summed E-state index contributed by atoms with van der Waals surface area (Å²) in [6.45, 7) is 9.15. The van der Waals surface area contributed by atoms with Crippen LogP contribution in [0.4, 0.5) is 5.69 Å². The van der Waals surface area contributed by atoms with Crippen molar-refractivity contribution < 1.29 is 14.4 Å². The second kappa shape index (κ2) is 14.5. The summed E-state index contributed by atoms with van der Waals surface area (Å²) in [5.74, 6) is -0.130. The van der Waals surface area contributed by atoms with Crippen LogP contribution in [-0.4, -0.2) is 99.9 Å². The molecule has 0 aliphatic carbocycles. The zero-order valence-electron chi connectivity index (χ0n) is 26.0. The van der Waals surface area contributed by atoms with E-state index in [1.807, 2.05) is 58.3 Å². The summed E-state index contributed by atoms with van der Waals surface area (Å²) in [6, 6.07) is 19.2. The van der Waals surface area contributed by atoms with E-state index in [0.717, 1.165) is 36.6 Å². The Morgan fingerprint density at radius 1 is 1.02 bits per heavy atom. The van der Waals surface area contributed by atoms with Gasteiger partial charge in [0.05, 0.1) is 13.0 Å². The van der Waals surface area contributed by atoms with Crippen molar-refractivity contribution in [3.63, 3.8) is 0 Å². The number of hydrogen-bond acceptors (Lipinski definition) is 6. The number of aromatic nitrogens is 2. The van der Waals surface area contributed by atoms with Gasteiger partial charge in [0.25, 0.3) is 0 Å². The molecule has 44 heavy (non-hydrogen) atoms. The number of para-hydroxylation sites is 1. The van der Waals surface area contributed by atoms with Crippen molar-refractivity contribution in [2.24, 2.45) is 0 Å². The van der Waals surface area contributed by atoms with Gasteiger partial charge < -0.3 is 29.9 Å². The van der Waals surface area contributed by atoms with E-state index in [-0.39, 0.29) is 24.1 Å². The highest BCUT2D eigenvalue weighted by Crippen LogP contribution is 2.39. The van der Waals surface area contributed by atoms with Crippen molar-refractivity contribution in [2.75, 3.05) is 50.8 Å². The third-order valence-electron chi connectivity index (χ3n) is 9.16. The van der Waals surface area contributed by atoms with Crippen molar-refractivity contribution in [3.05, 3.63) is 84.4 Å². The molecule has 1 spiro atoms. The molecule has 1 atom stereocenters. The number of carbonyl (C=O) groups is 3. The number of carbonyl (C=O) groups excluding carboxylic acids is 3. The number of piperidine rings is 1. The molecular weight excluding hydrogens is 554 g/mol. The van der Waals surface area contributed by atoms with Gasteiger partial charge in [0, 0.05) is 56.6 Å². The number of nitrogens with one attached hydrogen (secondary N) is 2. The molecule has 1 aromatic heterocycles. The smallest absolute Gasteiger partial charge is 0.250 e. The van der Waals surface area contributed by atoms with E-state index >= 15 is 0 Å². The first-order chi connectivity index (χ1) is 21.4. The molecular formula is C34H45N7O3. The van der Waals surface area contributed by atoms with Crippen LogP contribution in [0.1, 0.15) is 44.4 Å². The van der Waals surface area contributed by atoms with Gasteiger partial charge in [-0.2, -0.15) is 0 Å². The predicted molar refractivity (Wildman–Crippen MR) is 171 cm³/mol. The zero-order chi connectivity index (χ0) is 30.9. The Labute approximate surface area is 260 Å². The number of imidazole rings is 1. The number of benzene rings is 2. The number of likely N-dealkylation sites (tertiary alicyclic amines) is 1. The van der Waals surface area contributed by atoms with Crippen LogP contribution >= 0.6 is 0 Å². The lowest BCUT2D eigenvalue weighted by Gasteiger charge is -2.44. The van der Waals surface area contributed by atoms with E-state index in [1.165, 1.54) is 0 Å². The Morgan fingerprint density at radius 3 is 2.34 bits per heavy atom. The molecule has 2 fully saturated rings. The number of anilines is 1. The van der Waals surface area contributed by atoms with E-state index in [2.05, 4.69) is 51.1 Å². The largest absolute Gasteiger partial charge is 0.348 e. The van der Waals surface area contributed by atoms with Crippen LogP contribution in [-0.2, 0) is 27.2 Å². The summed E-state index contributed by atoms with van der Waals surface area (Å²) in [6.07, 6.45) is 5.57. The van der Waals surface area contributed by atoms with E-state index < -0.39 is 11.6 Å². The Bertz CT molecular complexity index is 1350. The van der Waals surface area contributed by atoms with Gasteiger partial charge in [-0.05, 0) is 50.0 Å². The van der Waals surface area contributed by atoms with Crippen LogP contribution in [0.5, 0.6) is 0 Å². The number of rotatable bonds is 13. The third kappa shape index (κ3) is 7.13. The van der Waals surface area contributed by atoms with Gasteiger partial charge in [-0.3, -0.25) is 14.4 Å². The van der Waals surface area contributed by atoms with Crippen LogP contribution in [0.25, 0.3) is 0 Å². The molecule has 2 N–H and O–H groups in total. The lowest BCUT2D eigenvalue weighted by molar-refractivity contribution is -0.140. The Hall–Kier alpha value is -4.18. The fraction of sp³-hybridized carbons (Fsp3) is 0.471. The van der Waals surface area contributed by atoms with Gasteiger partial charge in [0.1, 0.15) is 11.6 Å². The molecule has 10 nitrogen and oxygen atoms in total. The minimum atomic E-state index is -0.691. The third-order valence-corrected chi connectivity index (χ3v) is 9.16. The molecule has 2 aliphatic rings. The fourth-order valence-corrected chi connectivity index (χ4v) is 6.48. The number of H-pyrrole nitrogens is 1. The summed E-state index contributed by atoms with van der Waals surface area (Å²) < 4.78 is 0. The van der Waals surface area contributed by atoms with E-state index in [9.17, 15) is 14.4 Å². The Morgan fingerprint density at radius 2 is 1.70 bits per heavy atom. The van der Waals surface area contributed by atoms with E-state index in [4.69, 9.17) is 0 Å². The highest BCUT2D eigenvalue weighted by molar-refractivity contribution is 5.94. The van der Waals surface area contributed by atoms with Crippen LogP contribution < -0.4 is 10.2 Å². The van der Waals surface area contributed by atoms with Crippen molar-refractivity contribution in [2.45, 2.75) is 57.5 Å². The first-order valence-electron chi connectivity index (χ1n) is 15.9. The van der Waals surface area contributed by atoms with E-state index in [0.29, 0.717) is 52.0 Å². The summed E-state index contributed by atoms with van der Waals surface area (Å²) in [5.41, 5.74) is 2.20. The van der Waals surface area contributed by atoms with Gasteiger partial charge in [-0.1, -0.05) is 62.4 Å². The maximum atomic E-state index is 14.1. The standard InChI is InChI=1S/C34H45N7O3/c1-3-38(4-2)21-22-40-26-41(29-13-9-6-10-14-29)34(33(40)44)17-19-39(20-18-34)32(43)30(23-27-11-7-5-8-12-27)37-31(42)16-15-28-24-35-25-36-28/h5-14,24-25,30H,3-4,15-23,26H2,1-2H3,(H,35,36)(H,37,42)/t30-/m1/s1. The molecule has 3 amide bonds. The summed E-state index contributed by atoms with van der Waals surface area (Å²) in [4.78, 5) is 56.5. The van der Waals surface area contributed by atoms with Crippen molar-refractivity contribution >= 4 is 23.4 Å². The first-order valence-corrected chi connectivity index (χ1v) is 15.9. The van der Waals surface area contributed by atoms with Gasteiger partial charge in [-0.15, -0.1) is 0 Å². The maximum absolute atomic E-state index is 14.1. The van der Waals surface area contributed by atoms with Crippen molar-refractivity contribution in [1.82, 2.24) is 30.0 Å². The van der Waals surface area contributed by atoms with Crippen LogP contribution in [0.15, 0.2) is 73.2 Å². The second-order valence-corrected chi connectivity index (χ2v) is 11.7. The number of nitrogens with zero attached hydrogens (tertiary/aromatic N) is 5. The summed E-state index contributed by atoms with van der Waals surface area (Å²) >= 11 is 0. The molecule has 0 unspecified atom stereocenters. The highest BCUT2D eigenvalue weighted by Gasteiger charge is 2.54. The summed E-state index contributed by atoms with van der Waals surface area (Å²) in [5, 5.41) is 3.02. The summed E-state index contributed by atoms with van der Waals surface area (Å²) in [7, 11) is 0. The Balaban J connectivity index is 1.29. The SMILES string of the molecule is CCN(CC)CCN1CN(c2ccccc2)C2(CCN(C(=O)[C@@H](Cc3ccccc3)NC(=O)CCc3cnc[nH]3)CC2)C1=O. The lowest BCUT2D eigenvalue weighted by Crippen LogP contribution is -2.59. The van der Waals surface area contributed by atoms with E-state index in [1.54, 1.807) is 12.5 Å². The normalized spacial score (nSPS) is 17.0. The van der Waals surface area contributed by atoms with Crippen LogP contribution in [0, 0.1) is 0 Å². The average Bonchev–Trinajstić information content (AvgIpc) is 3.68.